The first-order valence-corrected chi connectivity index (χ1v) is 10.1. The molecule has 0 bridgehead atoms. The highest BCUT2D eigenvalue weighted by atomic mass is 79.9. The number of esters is 2. The highest BCUT2D eigenvalue weighted by molar-refractivity contribution is 9.58. The third kappa shape index (κ3) is 6.44. The average molecular weight is 341 g/mol. The molecule has 0 aliphatic rings. The summed E-state index contributed by atoms with van der Waals surface area (Å²) < 4.78 is 9.80. The zero-order chi connectivity index (χ0) is 14.3. The molecular weight excluding hydrogens is 320 g/mol. The Bertz CT molecular complexity index is 305. The Kier molecular flexibility index (Phi) is 7.62. The van der Waals surface area contributed by atoms with E-state index < -0.39 is 26.3 Å². The Labute approximate surface area is 118 Å². The van der Waals surface area contributed by atoms with Gasteiger partial charge in [0.05, 0.1) is 13.2 Å². The van der Waals surface area contributed by atoms with Crippen molar-refractivity contribution >= 4 is 35.2 Å². The lowest BCUT2D eigenvalue weighted by molar-refractivity contribution is -0.159. The van der Waals surface area contributed by atoms with Gasteiger partial charge in [-0.05, 0) is 46.7 Å². The SMILES string of the molecule is C=C(CS(C)(C)Br)C(C(=O)OCC)C(=O)OCC. The second-order valence-corrected chi connectivity index (χ2v) is 12.5. The Morgan fingerprint density at radius 1 is 1.17 bits per heavy atom. The van der Waals surface area contributed by atoms with Crippen LogP contribution < -0.4 is 0 Å². The lowest BCUT2D eigenvalue weighted by atomic mass is 10.0. The average Bonchev–Trinajstić information content (AvgIpc) is 2.15. The maximum Gasteiger partial charge on any atom is 0.324 e. The molecule has 0 amide bonds. The predicted molar refractivity (Wildman–Crippen MR) is 79.1 cm³/mol. The normalized spacial score (nSPS) is 12.1. The zero-order valence-corrected chi connectivity index (χ0v) is 13.7. The van der Waals surface area contributed by atoms with Gasteiger partial charge >= 0.3 is 11.9 Å². The minimum Gasteiger partial charge on any atom is -0.465 e. The van der Waals surface area contributed by atoms with Crippen molar-refractivity contribution in [2.75, 3.05) is 31.5 Å². The first-order chi connectivity index (χ1) is 8.22. The Morgan fingerprint density at radius 3 is 1.83 bits per heavy atom. The van der Waals surface area contributed by atoms with Crippen molar-refractivity contribution in [2.45, 2.75) is 13.8 Å². The van der Waals surface area contributed by atoms with Crippen LogP contribution >= 0.6 is 23.3 Å². The fourth-order valence-electron chi connectivity index (χ4n) is 1.40. The third-order valence-electron chi connectivity index (χ3n) is 1.98. The summed E-state index contributed by atoms with van der Waals surface area (Å²) in [5.41, 5.74) is 0.531. The fraction of sp³-hybridized carbons (Fsp3) is 0.667. The minimum atomic E-state index is -1.07. The molecule has 0 spiro atoms. The third-order valence-corrected chi connectivity index (χ3v) is 3.73. The second-order valence-electron chi connectivity index (χ2n) is 4.14. The van der Waals surface area contributed by atoms with E-state index in [0.717, 1.165) is 0 Å². The first kappa shape index (κ1) is 17.5. The van der Waals surface area contributed by atoms with Crippen LogP contribution in [0.2, 0.25) is 0 Å². The molecule has 0 saturated heterocycles. The van der Waals surface area contributed by atoms with E-state index in [4.69, 9.17) is 9.47 Å². The molecule has 0 atom stereocenters. The van der Waals surface area contributed by atoms with Gasteiger partial charge in [0.15, 0.2) is 5.92 Å². The van der Waals surface area contributed by atoms with Gasteiger partial charge in [-0.2, -0.15) is 8.46 Å². The van der Waals surface area contributed by atoms with E-state index in [1.165, 1.54) is 0 Å². The molecule has 0 aliphatic carbocycles. The van der Waals surface area contributed by atoms with Gasteiger partial charge in [0.1, 0.15) is 0 Å². The van der Waals surface area contributed by atoms with Crippen LogP contribution in [0.15, 0.2) is 12.2 Å². The summed E-state index contributed by atoms with van der Waals surface area (Å²) >= 11 is 3.54. The molecule has 0 aliphatic heterocycles. The number of halogens is 1. The molecule has 106 valence electrons. The first-order valence-electron chi connectivity index (χ1n) is 5.64. The van der Waals surface area contributed by atoms with E-state index in [-0.39, 0.29) is 13.2 Å². The van der Waals surface area contributed by atoms with Gasteiger partial charge < -0.3 is 9.47 Å². The molecule has 0 radical (unpaired) electrons. The van der Waals surface area contributed by atoms with Gasteiger partial charge in [0.25, 0.3) is 0 Å². The van der Waals surface area contributed by atoms with Crippen LogP contribution in [-0.4, -0.2) is 43.4 Å². The Balaban J connectivity index is 4.91. The maximum absolute atomic E-state index is 11.8. The lowest BCUT2D eigenvalue weighted by Gasteiger charge is -2.26. The monoisotopic (exact) mass is 340 g/mol. The molecule has 0 heterocycles. The number of rotatable bonds is 7. The summed E-state index contributed by atoms with van der Waals surface area (Å²) in [5.74, 6) is -1.63. The van der Waals surface area contributed by atoms with Crippen LogP contribution in [0.25, 0.3) is 0 Å². The molecule has 0 unspecified atom stereocenters. The van der Waals surface area contributed by atoms with E-state index in [1.807, 2.05) is 12.5 Å². The van der Waals surface area contributed by atoms with Gasteiger partial charge in [0.2, 0.25) is 0 Å². The summed E-state index contributed by atoms with van der Waals surface area (Å²) in [7, 11) is -1.07. The maximum atomic E-state index is 11.8. The summed E-state index contributed by atoms with van der Waals surface area (Å²) in [6, 6.07) is 0. The van der Waals surface area contributed by atoms with Crippen molar-refractivity contribution in [3.05, 3.63) is 12.2 Å². The van der Waals surface area contributed by atoms with E-state index in [1.54, 1.807) is 13.8 Å². The molecule has 0 aromatic heterocycles. The smallest absolute Gasteiger partial charge is 0.324 e. The number of hydrogen-bond acceptors (Lipinski definition) is 4. The van der Waals surface area contributed by atoms with Crippen molar-refractivity contribution in [3.63, 3.8) is 0 Å². The molecule has 0 saturated carbocycles. The number of hydrogen-bond donors (Lipinski definition) is 0. The molecule has 0 aromatic carbocycles. The van der Waals surface area contributed by atoms with Crippen molar-refractivity contribution in [1.29, 1.82) is 0 Å². The van der Waals surface area contributed by atoms with Crippen molar-refractivity contribution < 1.29 is 19.1 Å². The molecule has 6 heteroatoms. The van der Waals surface area contributed by atoms with E-state index in [2.05, 4.69) is 21.4 Å². The number of ether oxygens (including phenoxy) is 2. The highest BCUT2D eigenvalue weighted by Gasteiger charge is 2.33. The summed E-state index contributed by atoms with van der Waals surface area (Å²) in [5, 5.41) is 0. The van der Waals surface area contributed by atoms with Gasteiger partial charge in [-0.25, -0.2) is 0 Å². The molecular formula is C12H21BrO4S. The fourth-order valence-corrected chi connectivity index (χ4v) is 3.34. The molecule has 0 rings (SSSR count). The van der Waals surface area contributed by atoms with Crippen molar-refractivity contribution in [3.8, 4) is 0 Å². The van der Waals surface area contributed by atoms with Crippen LogP contribution in [0.3, 0.4) is 0 Å². The molecule has 18 heavy (non-hydrogen) atoms. The highest BCUT2D eigenvalue weighted by Crippen LogP contribution is 2.50. The van der Waals surface area contributed by atoms with Gasteiger partial charge in [0, 0.05) is 5.75 Å². The van der Waals surface area contributed by atoms with Crippen LogP contribution in [0.4, 0.5) is 0 Å². The quantitative estimate of drug-likeness (QED) is 0.406. The minimum absolute atomic E-state index is 0.229. The van der Waals surface area contributed by atoms with Gasteiger partial charge in [-0.3, -0.25) is 9.59 Å². The summed E-state index contributed by atoms with van der Waals surface area (Å²) in [6.45, 7) is 7.69. The summed E-state index contributed by atoms with van der Waals surface area (Å²) in [4.78, 5) is 23.6. The summed E-state index contributed by atoms with van der Waals surface area (Å²) in [6.07, 6.45) is 4.04. The van der Waals surface area contributed by atoms with Crippen LogP contribution in [0, 0.1) is 5.92 Å². The molecule has 0 aromatic rings. The predicted octanol–water partition coefficient (Wildman–Crippen LogP) is 2.66. The molecule has 0 fully saturated rings. The zero-order valence-electron chi connectivity index (χ0n) is 11.3. The second kappa shape index (κ2) is 7.84. The van der Waals surface area contributed by atoms with Gasteiger partial charge in [-0.1, -0.05) is 6.58 Å². The Morgan fingerprint density at radius 2 is 1.56 bits per heavy atom. The van der Waals surface area contributed by atoms with Gasteiger partial charge in [-0.15, -0.1) is 0 Å². The van der Waals surface area contributed by atoms with E-state index in [9.17, 15) is 9.59 Å². The van der Waals surface area contributed by atoms with Crippen LogP contribution in [0.1, 0.15) is 13.8 Å². The van der Waals surface area contributed by atoms with Crippen molar-refractivity contribution in [2.24, 2.45) is 5.92 Å². The topological polar surface area (TPSA) is 52.6 Å². The van der Waals surface area contributed by atoms with E-state index >= 15 is 0 Å². The van der Waals surface area contributed by atoms with E-state index in [0.29, 0.717) is 11.3 Å². The number of carbonyl (C=O) groups is 2. The lowest BCUT2D eigenvalue weighted by Crippen LogP contribution is -2.31. The molecule has 0 N–H and O–H groups in total. The van der Waals surface area contributed by atoms with Crippen LogP contribution in [0.5, 0.6) is 0 Å². The van der Waals surface area contributed by atoms with Crippen molar-refractivity contribution in [1.82, 2.24) is 0 Å². The Hall–Kier alpha value is -0.490. The largest absolute Gasteiger partial charge is 0.465 e. The number of carbonyl (C=O) groups excluding carboxylic acids is 2. The molecule has 4 nitrogen and oxygen atoms in total. The standard InChI is InChI=1S/C12H21BrO4S/c1-6-16-11(14)10(12(15)17-7-2)9(3)8-18(4,5)13/h10H,3,6-8H2,1-2,4-5H3. The van der Waals surface area contributed by atoms with Crippen LogP contribution in [-0.2, 0) is 19.1 Å².